The van der Waals surface area contributed by atoms with E-state index in [2.05, 4.69) is 186 Å². The van der Waals surface area contributed by atoms with Crippen molar-refractivity contribution in [3.05, 3.63) is 222 Å². The number of imidazole rings is 1. The van der Waals surface area contributed by atoms with E-state index in [1.54, 1.807) is 23.5 Å². The van der Waals surface area contributed by atoms with Crippen molar-refractivity contribution < 1.29 is 28.3 Å². The molecule has 0 bridgehead atoms. The van der Waals surface area contributed by atoms with Gasteiger partial charge in [0.05, 0.1) is 22.5 Å². The number of pyridine rings is 1. The van der Waals surface area contributed by atoms with E-state index in [4.69, 9.17) is 13.2 Å². The number of nitrogens with zero attached hydrogens (tertiary/aromatic N) is 3. The first kappa shape index (κ1) is 35.5. The topological polar surface area (TPSA) is 30.7 Å². The van der Waals surface area contributed by atoms with Crippen LogP contribution in [0.1, 0.15) is 24.9 Å². The van der Waals surface area contributed by atoms with Crippen molar-refractivity contribution in [2.24, 2.45) is 0 Å². The van der Waals surface area contributed by atoms with Gasteiger partial charge >= 0.3 is 0 Å². The van der Waals surface area contributed by atoms with Crippen molar-refractivity contribution in [1.29, 1.82) is 0 Å². The van der Waals surface area contributed by atoms with Gasteiger partial charge in [0, 0.05) is 65.8 Å². The first-order valence-electron chi connectivity index (χ1n) is 24.0. The van der Waals surface area contributed by atoms with Crippen LogP contribution in [-0.4, -0.2) is 14.5 Å². The minimum absolute atomic E-state index is 0. The summed E-state index contributed by atoms with van der Waals surface area (Å²) in [4.78, 5) is 9.46. The molecule has 0 aliphatic heterocycles. The Morgan fingerprint density at radius 1 is 0.554 bits per heavy atom. The van der Waals surface area contributed by atoms with E-state index >= 15 is 0 Å². The van der Waals surface area contributed by atoms with Crippen molar-refractivity contribution in [3.8, 4) is 61.7 Å². The van der Waals surface area contributed by atoms with Crippen molar-refractivity contribution in [1.82, 2.24) is 14.5 Å². The SMILES string of the molecule is Cc1cc(-c2ccccc2)c(-n2c(-c3[c-]sc4ccc(-c5ccc6sc7ccccc7c6c5)cc34)nc3ccccc32)c(-c2ccccc2)c1.[2H]C([2H])([2H])c1c[c-]c(-c2ccc(C([2H])([2H])[2H])cn2)cc1.[Ir]. The van der Waals surface area contributed by atoms with E-state index in [9.17, 15) is 0 Å². The van der Waals surface area contributed by atoms with Gasteiger partial charge in [-0.3, -0.25) is 16.3 Å². The normalized spacial score (nSPS) is 12.9. The number of benzene rings is 8. The maximum absolute atomic E-state index is 7.28. The van der Waals surface area contributed by atoms with E-state index in [1.165, 1.54) is 88.2 Å². The smallest absolute Gasteiger partial charge is 0.0774 e. The molecule has 0 aliphatic carbocycles. The third-order valence-electron chi connectivity index (χ3n) is 11.5. The largest absolute Gasteiger partial charge is 0.332 e. The molecule has 0 spiro atoms. The van der Waals surface area contributed by atoms with Gasteiger partial charge in [-0.2, -0.15) is 0 Å². The number of aryl methyl sites for hydroxylation is 3. The van der Waals surface area contributed by atoms with Crippen molar-refractivity contribution in [3.63, 3.8) is 0 Å². The molecule has 0 saturated carbocycles. The number of hydrogen-bond acceptors (Lipinski definition) is 4. The molecule has 3 nitrogen and oxygen atoms in total. The molecule has 6 heteroatoms. The summed E-state index contributed by atoms with van der Waals surface area (Å²) in [7, 11) is 0. The van der Waals surface area contributed by atoms with Gasteiger partial charge in [-0.25, -0.2) is 0 Å². The molecule has 0 aliphatic rings. The van der Waals surface area contributed by atoms with Crippen LogP contribution in [0.2, 0.25) is 0 Å². The number of rotatable bonds is 6. The van der Waals surface area contributed by atoms with Crippen molar-refractivity contribution in [2.75, 3.05) is 0 Å². The fourth-order valence-corrected chi connectivity index (χ4v) is 10.4. The van der Waals surface area contributed by atoms with Gasteiger partial charge in [0.2, 0.25) is 0 Å². The van der Waals surface area contributed by atoms with Crippen LogP contribution in [0.4, 0.5) is 0 Å². The summed E-state index contributed by atoms with van der Waals surface area (Å²) in [6.07, 6.45) is 1.30. The summed E-state index contributed by atoms with van der Waals surface area (Å²) in [5.41, 5.74) is 14.0. The molecule has 0 saturated heterocycles. The quantitative estimate of drug-likeness (QED) is 0.155. The predicted octanol–water partition coefficient (Wildman–Crippen LogP) is 16.5. The molecule has 0 fully saturated rings. The minimum atomic E-state index is -2.18. The van der Waals surface area contributed by atoms with Crippen LogP contribution in [0.15, 0.2) is 194 Å². The third-order valence-corrected chi connectivity index (χ3v) is 13.5. The monoisotopic (exact) mass is 1050 g/mol. The van der Waals surface area contributed by atoms with E-state index in [0.29, 0.717) is 11.3 Å². The van der Waals surface area contributed by atoms with Crippen molar-refractivity contribution >= 4 is 64.0 Å². The van der Waals surface area contributed by atoms with Gasteiger partial charge in [-0.1, -0.05) is 150 Å². The third kappa shape index (κ3) is 8.16. The summed E-state index contributed by atoms with van der Waals surface area (Å²) >= 11 is 3.52. The standard InChI is InChI=1S/C46H29N2S2.C13H12N.Ir/c1-29-24-35(30-12-4-2-5-13-30)45(36(25-29)31-14-6-3-7-15-31)48-41-18-10-9-17-40(41)47-46(48)39-28-49-42-22-20-32(27-38(39)42)33-21-23-44-37(26-33)34-16-8-11-19-43(34)50-44;1-10-3-6-12(7-4-10)13-8-5-11(2)9-14-13;/h2-27H,1H3;3-6,8-9H,1-2H3;/q2*-1;/i;1D3,2D3;. The molecular weight excluding hydrogens is 1010 g/mol. The fraction of sp³-hybridized carbons (Fsp3) is 0.0508. The maximum atomic E-state index is 7.28. The number of fused-ring (bicyclic) bond motifs is 5. The van der Waals surface area contributed by atoms with Crippen LogP contribution in [0.3, 0.4) is 0 Å². The second-order valence-electron chi connectivity index (χ2n) is 15.7. The molecule has 1 radical (unpaired) electrons. The van der Waals surface area contributed by atoms with Gasteiger partial charge < -0.3 is 9.55 Å². The Hall–Kier alpha value is -6.79. The fourth-order valence-electron chi connectivity index (χ4n) is 8.48. The Labute approximate surface area is 409 Å². The number of thiophene rings is 2. The van der Waals surface area contributed by atoms with Crippen LogP contribution < -0.4 is 0 Å². The van der Waals surface area contributed by atoms with E-state index < -0.39 is 13.7 Å². The first-order valence-corrected chi connectivity index (χ1v) is 22.6. The van der Waals surface area contributed by atoms with Crippen molar-refractivity contribution in [2.45, 2.75) is 20.6 Å². The second-order valence-corrected chi connectivity index (χ2v) is 17.7. The Morgan fingerprint density at radius 3 is 1.89 bits per heavy atom. The molecule has 0 unspecified atom stereocenters. The van der Waals surface area contributed by atoms with Crippen LogP contribution in [0.5, 0.6) is 0 Å². The zero-order valence-electron chi connectivity index (χ0n) is 41.0. The number of hydrogen-bond donors (Lipinski definition) is 0. The Bertz CT molecular complexity index is 3740. The summed E-state index contributed by atoms with van der Waals surface area (Å²) in [6, 6.07) is 67.4. The summed E-state index contributed by atoms with van der Waals surface area (Å²) in [5.74, 6) is 0.895. The molecule has 65 heavy (non-hydrogen) atoms. The zero-order chi connectivity index (χ0) is 48.1. The van der Waals surface area contributed by atoms with E-state index in [1.807, 2.05) is 11.3 Å². The van der Waals surface area contributed by atoms with Crippen LogP contribution in [0, 0.1) is 32.1 Å². The second kappa shape index (κ2) is 18.0. The van der Waals surface area contributed by atoms with Crippen LogP contribution in [-0.2, 0) is 20.1 Å². The maximum Gasteiger partial charge on any atom is 0.0774 e. The van der Waals surface area contributed by atoms with E-state index in [-0.39, 0.29) is 31.2 Å². The Kier molecular flexibility index (Phi) is 9.84. The minimum Gasteiger partial charge on any atom is -0.332 e. The molecule has 0 N–H and O–H groups in total. The summed E-state index contributed by atoms with van der Waals surface area (Å²) < 4.78 is 49.9. The van der Waals surface area contributed by atoms with Crippen LogP contribution >= 0.6 is 22.7 Å². The number of aromatic nitrogens is 3. The molecule has 4 aromatic heterocycles. The molecule has 12 aromatic rings. The molecule has 315 valence electrons. The van der Waals surface area contributed by atoms with Gasteiger partial charge in [-0.15, -0.1) is 52.1 Å². The molecule has 4 heterocycles. The summed E-state index contributed by atoms with van der Waals surface area (Å²) in [5, 5.41) is 7.50. The molecular formula is C59H41IrN3S2-2. The zero-order valence-corrected chi connectivity index (χ0v) is 39.0. The average molecular weight is 1050 g/mol. The molecule has 12 rings (SSSR count). The van der Waals surface area contributed by atoms with Gasteiger partial charge in [0.15, 0.2) is 0 Å². The van der Waals surface area contributed by atoms with Gasteiger partial charge in [0.1, 0.15) is 0 Å². The van der Waals surface area contributed by atoms with Crippen LogP contribution in [0.25, 0.3) is 103 Å². The Balaban J connectivity index is 0.000000234. The molecule has 8 aromatic carbocycles. The van der Waals surface area contributed by atoms with E-state index in [0.717, 1.165) is 33.5 Å². The molecule has 0 amide bonds. The Morgan fingerprint density at radius 2 is 1.20 bits per heavy atom. The number of para-hydroxylation sites is 2. The predicted molar refractivity (Wildman–Crippen MR) is 273 cm³/mol. The van der Waals surface area contributed by atoms with Gasteiger partial charge in [-0.05, 0) is 95.3 Å². The summed E-state index contributed by atoms with van der Waals surface area (Å²) in [6.45, 7) is -2.15. The van der Waals surface area contributed by atoms with Gasteiger partial charge in [0.25, 0.3) is 0 Å². The average Bonchev–Trinajstić information content (AvgIpc) is 4.09. The molecule has 0 atom stereocenters. The first-order chi connectivity index (χ1) is 33.9.